The molecule has 7 nitrogen and oxygen atoms in total. The minimum absolute atomic E-state index is 0.421. The van der Waals surface area contributed by atoms with E-state index in [0.29, 0.717) is 23.5 Å². The smallest absolute Gasteiger partial charge is 0.234 e. The Morgan fingerprint density at radius 2 is 2.12 bits per heavy atom. The van der Waals surface area contributed by atoms with Crippen molar-refractivity contribution in [3.8, 4) is 5.88 Å². The van der Waals surface area contributed by atoms with Crippen LogP contribution in [0.1, 0.15) is 24.4 Å². The Kier molecular flexibility index (Phi) is 5.14. The number of anilines is 2. The molecule has 0 aromatic carbocycles. The lowest BCUT2D eigenvalue weighted by atomic mass is 10.4. The summed E-state index contributed by atoms with van der Waals surface area (Å²) in [6.45, 7) is 4.41. The molecule has 1 aliphatic heterocycles. The van der Waals surface area contributed by atoms with Gasteiger partial charge in [0.15, 0.2) is 5.11 Å². The third-order valence-electron chi connectivity index (χ3n) is 3.77. The van der Waals surface area contributed by atoms with Crippen molar-refractivity contribution < 1.29 is 9.15 Å². The molecule has 0 radical (unpaired) electrons. The summed E-state index contributed by atoms with van der Waals surface area (Å²) in [6, 6.07) is 5.68. The van der Waals surface area contributed by atoms with Crippen LogP contribution >= 0.6 is 12.2 Å². The fourth-order valence-electron chi connectivity index (χ4n) is 2.57. The highest BCUT2D eigenvalue weighted by atomic mass is 32.1. The minimum Gasteiger partial charge on any atom is -0.481 e. The van der Waals surface area contributed by atoms with E-state index >= 15 is 0 Å². The standard InChI is InChI=1S/C16H21N5O2S/c1-11-5-6-12(23-11)10-17-16(24)20-15-18-13(9-14(19-15)22-2)21-7-3-4-8-21/h5-6,9H,3-4,7-8,10H2,1-2H3,(H2,17,18,19,20,24). The van der Waals surface area contributed by atoms with E-state index in [0.717, 1.165) is 30.4 Å². The normalized spacial score (nSPS) is 13.8. The molecule has 1 saturated heterocycles. The zero-order chi connectivity index (χ0) is 16.9. The van der Waals surface area contributed by atoms with Gasteiger partial charge in [0.1, 0.15) is 17.3 Å². The molecule has 2 aromatic heterocycles. The number of methoxy groups -OCH3 is 1. The Labute approximate surface area is 146 Å². The van der Waals surface area contributed by atoms with Gasteiger partial charge in [0.25, 0.3) is 0 Å². The summed E-state index contributed by atoms with van der Waals surface area (Å²) in [5.74, 6) is 3.48. The highest BCUT2D eigenvalue weighted by Gasteiger charge is 2.16. The van der Waals surface area contributed by atoms with Crippen LogP contribution in [0, 0.1) is 6.92 Å². The Hall–Kier alpha value is -2.35. The molecule has 0 aliphatic carbocycles. The van der Waals surface area contributed by atoms with Gasteiger partial charge in [-0.15, -0.1) is 0 Å². The Morgan fingerprint density at radius 3 is 2.79 bits per heavy atom. The first kappa shape index (κ1) is 16.5. The van der Waals surface area contributed by atoms with Crippen LogP contribution in [0.4, 0.5) is 11.8 Å². The lowest BCUT2D eigenvalue weighted by Crippen LogP contribution is -2.29. The maximum Gasteiger partial charge on any atom is 0.234 e. The summed E-state index contributed by atoms with van der Waals surface area (Å²) in [7, 11) is 1.59. The number of nitrogens with one attached hydrogen (secondary N) is 2. The van der Waals surface area contributed by atoms with Gasteiger partial charge in [0, 0.05) is 19.2 Å². The van der Waals surface area contributed by atoms with Crippen LogP contribution in [0.2, 0.25) is 0 Å². The van der Waals surface area contributed by atoms with Crippen molar-refractivity contribution >= 4 is 29.1 Å². The van der Waals surface area contributed by atoms with E-state index in [-0.39, 0.29) is 0 Å². The van der Waals surface area contributed by atoms with E-state index in [2.05, 4.69) is 25.5 Å². The molecule has 2 N–H and O–H groups in total. The molecule has 128 valence electrons. The van der Waals surface area contributed by atoms with Gasteiger partial charge < -0.3 is 24.7 Å². The predicted molar refractivity (Wildman–Crippen MR) is 96.5 cm³/mol. The van der Waals surface area contributed by atoms with Gasteiger partial charge in [-0.3, -0.25) is 0 Å². The molecule has 2 aromatic rings. The predicted octanol–water partition coefficient (Wildman–Crippen LogP) is 2.47. The summed E-state index contributed by atoms with van der Waals surface area (Å²) < 4.78 is 10.8. The Balaban J connectivity index is 1.64. The van der Waals surface area contributed by atoms with Gasteiger partial charge in [-0.1, -0.05) is 0 Å². The number of furan rings is 1. The van der Waals surface area contributed by atoms with Crippen LogP contribution in [0.5, 0.6) is 5.88 Å². The molecular weight excluding hydrogens is 326 g/mol. The van der Waals surface area contributed by atoms with Crippen LogP contribution in [0.3, 0.4) is 0 Å². The molecule has 3 heterocycles. The summed E-state index contributed by atoms with van der Waals surface area (Å²) in [6.07, 6.45) is 2.36. The fourth-order valence-corrected chi connectivity index (χ4v) is 2.74. The van der Waals surface area contributed by atoms with Crippen molar-refractivity contribution in [1.29, 1.82) is 0 Å². The van der Waals surface area contributed by atoms with Crippen molar-refractivity contribution in [1.82, 2.24) is 15.3 Å². The number of aryl methyl sites for hydroxylation is 1. The van der Waals surface area contributed by atoms with Crippen molar-refractivity contribution in [2.45, 2.75) is 26.3 Å². The highest BCUT2D eigenvalue weighted by molar-refractivity contribution is 7.80. The van der Waals surface area contributed by atoms with E-state index in [1.54, 1.807) is 7.11 Å². The van der Waals surface area contributed by atoms with Gasteiger partial charge in [0.05, 0.1) is 13.7 Å². The van der Waals surface area contributed by atoms with E-state index in [9.17, 15) is 0 Å². The molecule has 3 rings (SSSR count). The zero-order valence-electron chi connectivity index (χ0n) is 13.8. The zero-order valence-corrected chi connectivity index (χ0v) is 14.7. The molecule has 0 bridgehead atoms. The number of ether oxygens (including phenoxy) is 1. The first-order valence-electron chi connectivity index (χ1n) is 7.92. The molecule has 24 heavy (non-hydrogen) atoms. The minimum atomic E-state index is 0.421. The first-order valence-corrected chi connectivity index (χ1v) is 8.33. The number of nitrogens with zero attached hydrogens (tertiary/aromatic N) is 3. The van der Waals surface area contributed by atoms with Crippen molar-refractivity contribution in [3.05, 3.63) is 29.7 Å². The molecule has 0 unspecified atom stereocenters. The lowest BCUT2D eigenvalue weighted by Gasteiger charge is -2.18. The van der Waals surface area contributed by atoms with Crippen LogP contribution in [0.25, 0.3) is 0 Å². The first-order chi connectivity index (χ1) is 11.6. The number of rotatable bonds is 5. The molecule has 8 heteroatoms. The highest BCUT2D eigenvalue weighted by Crippen LogP contribution is 2.23. The maximum absolute atomic E-state index is 5.50. The third kappa shape index (κ3) is 4.14. The van der Waals surface area contributed by atoms with Gasteiger partial charge >= 0.3 is 0 Å². The summed E-state index contributed by atoms with van der Waals surface area (Å²) in [5.41, 5.74) is 0. The van der Waals surface area contributed by atoms with Crippen molar-refractivity contribution in [2.75, 3.05) is 30.4 Å². The lowest BCUT2D eigenvalue weighted by molar-refractivity contribution is 0.397. The molecule has 1 aliphatic rings. The Bertz CT molecular complexity index is 712. The summed E-state index contributed by atoms with van der Waals surface area (Å²) >= 11 is 5.30. The van der Waals surface area contributed by atoms with Gasteiger partial charge in [-0.05, 0) is 44.1 Å². The number of aromatic nitrogens is 2. The van der Waals surface area contributed by atoms with E-state index in [4.69, 9.17) is 21.4 Å². The molecule has 1 fully saturated rings. The quantitative estimate of drug-likeness (QED) is 0.799. The Morgan fingerprint density at radius 1 is 1.33 bits per heavy atom. The number of thiocarbonyl (C=S) groups is 1. The monoisotopic (exact) mass is 347 g/mol. The van der Waals surface area contributed by atoms with Crippen molar-refractivity contribution in [3.63, 3.8) is 0 Å². The summed E-state index contributed by atoms with van der Waals surface area (Å²) in [4.78, 5) is 11.1. The summed E-state index contributed by atoms with van der Waals surface area (Å²) in [5, 5.41) is 6.52. The SMILES string of the molecule is COc1cc(N2CCCC2)nc(NC(=S)NCc2ccc(C)o2)n1. The molecule has 0 atom stereocenters. The van der Waals surface area contributed by atoms with Gasteiger partial charge in [-0.2, -0.15) is 9.97 Å². The third-order valence-corrected chi connectivity index (χ3v) is 4.02. The van der Waals surface area contributed by atoms with E-state index in [1.807, 2.05) is 25.1 Å². The molecule has 0 saturated carbocycles. The molecular formula is C16H21N5O2S. The topological polar surface area (TPSA) is 75.5 Å². The van der Waals surface area contributed by atoms with Crippen LogP contribution < -0.4 is 20.3 Å². The molecule has 0 amide bonds. The van der Waals surface area contributed by atoms with Crippen molar-refractivity contribution in [2.24, 2.45) is 0 Å². The fraction of sp³-hybridized carbons (Fsp3) is 0.438. The molecule has 0 spiro atoms. The second kappa shape index (κ2) is 7.48. The van der Waals surface area contributed by atoms with Gasteiger partial charge in [-0.25, -0.2) is 0 Å². The van der Waals surface area contributed by atoms with Crippen LogP contribution in [0.15, 0.2) is 22.6 Å². The largest absolute Gasteiger partial charge is 0.481 e. The average Bonchev–Trinajstić information content (AvgIpc) is 3.24. The van der Waals surface area contributed by atoms with Gasteiger partial charge in [0.2, 0.25) is 11.8 Å². The second-order valence-corrected chi connectivity index (χ2v) is 6.01. The average molecular weight is 347 g/mol. The van der Waals surface area contributed by atoms with Crippen LogP contribution in [-0.4, -0.2) is 35.3 Å². The number of hydrogen-bond acceptors (Lipinski definition) is 6. The second-order valence-electron chi connectivity index (χ2n) is 5.61. The number of hydrogen-bond donors (Lipinski definition) is 2. The van der Waals surface area contributed by atoms with Crippen LogP contribution in [-0.2, 0) is 6.54 Å². The van der Waals surface area contributed by atoms with E-state index < -0.39 is 0 Å². The maximum atomic E-state index is 5.50. The van der Waals surface area contributed by atoms with E-state index in [1.165, 1.54) is 12.8 Å².